The fraction of sp³-hybridized carbons (Fsp3) is 0.429. The van der Waals surface area contributed by atoms with Crippen molar-refractivity contribution in [3.8, 4) is 0 Å². The number of rotatable bonds is 2. The fourth-order valence-corrected chi connectivity index (χ4v) is 0.793. The van der Waals surface area contributed by atoms with E-state index in [9.17, 15) is 18.0 Å². The van der Waals surface area contributed by atoms with E-state index in [1.807, 2.05) is 0 Å². The largest absolute Gasteiger partial charge is 0.433 e. The third kappa shape index (κ3) is 2.89. The van der Waals surface area contributed by atoms with Gasteiger partial charge in [-0.25, -0.2) is 0 Å². The quantitative estimate of drug-likeness (QED) is 0.515. The van der Waals surface area contributed by atoms with E-state index in [0.29, 0.717) is 0 Å². The number of allylic oxidation sites excluding steroid dienone is 2. The normalized spacial score (nSPS) is 13.6. The molecule has 0 amide bonds. The first-order chi connectivity index (χ1) is 5.68. The van der Waals surface area contributed by atoms with Crippen LogP contribution in [0.5, 0.6) is 0 Å². The number of nitrogens with one attached hydrogen (secondary N) is 1. The lowest BCUT2D eigenvalue weighted by Gasteiger charge is -2.10. The Hall–Kier alpha value is -1.33. The van der Waals surface area contributed by atoms with Crippen LogP contribution in [-0.2, 0) is 4.79 Å². The minimum Gasteiger partial charge on any atom is -0.402 e. The second-order valence-corrected chi connectivity index (χ2v) is 2.49. The number of halogens is 3. The molecule has 0 saturated heterocycles. The molecule has 0 unspecified atom stereocenters. The maximum absolute atomic E-state index is 12.0. The maximum Gasteiger partial charge on any atom is 0.433 e. The van der Waals surface area contributed by atoms with Gasteiger partial charge in [-0.15, -0.1) is 0 Å². The molecule has 0 aliphatic heterocycles. The van der Waals surface area contributed by atoms with Crippen LogP contribution in [0.2, 0.25) is 0 Å². The molecule has 0 aromatic carbocycles. The number of ketones is 1. The Kier molecular flexibility index (Phi) is 3.22. The van der Waals surface area contributed by atoms with Gasteiger partial charge in [-0.05, 0) is 13.8 Å². The molecule has 0 fully saturated rings. The molecular weight excluding hydrogens is 185 g/mol. The Morgan fingerprint density at radius 3 is 1.77 bits per heavy atom. The van der Waals surface area contributed by atoms with E-state index in [0.717, 1.165) is 13.8 Å². The molecule has 0 aromatic heterocycles. The van der Waals surface area contributed by atoms with Crippen LogP contribution in [0, 0.1) is 5.41 Å². The first-order valence-corrected chi connectivity index (χ1v) is 3.31. The first-order valence-electron chi connectivity index (χ1n) is 3.31. The van der Waals surface area contributed by atoms with Crippen LogP contribution in [0.1, 0.15) is 13.8 Å². The van der Waals surface area contributed by atoms with Crippen LogP contribution < -0.4 is 5.73 Å². The molecule has 0 atom stereocenters. The number of nitrogens with two attached hydrogens (primary N) is 1. The molecule has 0 saturated carbocycles. The fourth-order valence-electron chi connectivity index (χ4n) is 0.793. The highest BCUT2D eigenvalue weighted by molar-refractivity contribution is 6.22. The van der Waals surface area contributed by atoms with Gasteiger partial charge < -0.3 is 5.73 Å². The van der Waals surface area contributed by atoms with Crippen molar-refractivity contribution < 1.29 is 18.0 Å². The second kappa shape index (κ2) is 3.59. The number of alkyl halides is 3. The molecule has 6 heteroatoms. The number of carbonyl (C=O) groups is 1. The molecule has 0 aromatic rings. The Balaban J connectivity index is 5.16. The number of carbonyl (C=O) groups excluding carboxylic acids is 1. The predicted molar refractivity (Wildman–Crippen MR) is 41.4 cm³/mol. The van der Waals surface area contributed by atoms with Crippen molar-refractivity contribution in [2.75, 3.05) is 0 Å². The van der Waals surface area contributed by atoms with Crippen LogP contribution in [0.25, 0.3) is 0 Å². The summed E-state index contributed by atoms with van der Waals surface area (Å²) in [7, 11) is 0. The number of hydrogen-bond donors (Lipinski definition) is 2. The van der Waals surface area contributed by atoms with Gasteiger partial charge in [0.15, 0.2) is 5.78 Å². The van der Waals surface area contributed by atoms with Gasteiger partial charge in [0, 0.05) is 5.70 Å². The van der Waals surface area contributed by atoms with Crippen LogP contribution in [-0.4, -0.2) is 17.7 Å². The summed E-state index contributed by atoms with van der Waals surface area (Å²) in [6.07, 6.45) is -4.83. The Morgan fingerprint density at radius 2 is 1.69 bits per heavy atom. The molecule has 0 rings (SSSR count). The number of hydrogen-bond acceptors (Lipinski definition) is 3. The summed E-state index contributed by atoms with van der Waals surface area (Å²) in [5, 5.41) is 6.67. The summed E-state index contributed by atoms with van der Waals surface area (Å²) in [5.41, 5.74) is 2.29. The zero-order valence-electron chi connectivity index (χ0n) is 7.12. The predicted octanol–water partition coefficient (Wildman–Crippen LogP) is 1.39. The lowest BCUT2D eigenvalue weighted by molar-refractivity contribution is -0.113. The summed E-state index contributed by atoms with van der Waals surface area (Å²) < 4.78 is 35.9. The van der Waals surface area contributed by atoms with E-state index in [2.05, 4.69) is 0 Å². The van der Waals surface area contributed by atoms with Crippen molar-refractivity contribution in [2.24, 2.45) is 5.73 Å². The van der Waals surface area contributed by atoms with Gasteiger partial charge in [0.2, 0.25) is 0 Å². The average molecular weight is 194 g/mol. The first kappa shape index (κ1) is 11.7. The molecule has 0 aliphatic rings. The average Bonchev–Trinajstić information content (AvgIpc) is 1.82. The highest BCUT2D eigenvalue weighted by Gasteiger charge is 2.38. The molecule has 3 N–H and O–H groups in total. The Morgan fingerprint density at radius 1 is 1.31 bits per heavy atom. The van der Waals surface area contributed by atoms with Gasteiger partial charge in [-0.1, -0.05) is 0 Å². The van der Waals surface area contributed by atoms with Crippen molar-refractivity contribution >= 4 is 11.5 Å². The van der Waals surface area contributed by atoms with Crippen LogP contribution >= 0.6 is 0 Å². The smallest absolute Gasteiger partial charge is 0.402 e. The van der Waals surface area contributed by atoms with E-state index in [-0.39, 0.29) is 5.70 Å². The lowest BCUT2D eigenvalue weighted by Crippen LogP contribution is -2.28. The van der Waals surface area contributed by atoms with E-state index in [1.54, 1.807) is 0 Å². The molecule has 0 aliphatic carbocycles. The molecule has 0 radical (unpaired) electrons. The Labute approximate surface area is 72.9 Å². The van der Waals surface area contributed by atoms with Crippen molar-refractivity contribution in [1.82, 2.24) is 0 Å². The van der Waals surface area contributed by atoms with Crippen LogP contribution in [0.15, 0.2) is 11.3 Å². The van der Waals surface area contributed by atoms with Crippen molar-refractivity contribution in [3.05, 3.63) is 11.3 Å². The monoisotopic (exact) mass is 194 g/mol. The van der Waals surface area contributed by atoms with Gasteiger partial charge in [-0.2, -0.15) is 13.2 Å². The van der Waals surface area contributed by atoms with Crippen LogP contribution in [0.4, 0.5) is 13.2 Å². The molecule has 0 spiro atoms. The highest BCUT2D eigenvalue weighted by Crippen LogP contribution is 2.22. The van der Waals surface area contributed by atoms with Crippen LogP contribution in [0.3, 0.4) is 0 Å². The minimum absolute atomic E-state index is 0.296. The summed E-state index contributed by atoms with van der Waals surface area (Å²) in [5.74, 6) is -0.859. The topological polar surface area (TPSA) is 66.9 Å². The van der Waals surface area contributed by atoms with Crippen molar-refractivity contribution in [2.45, 2.75) is 20.0 Å². The zero-order valence-corrected chi connectivity index (χ0v) is 7.12. The molecule has 0 heterocycles. The zero-order chi connectivity index (χ0) is 10.8. The summed E-state index contributed by atoms with van der Waals surface area (Å²) >= 11 is 0. The van der Waals surface area contributed by atoms with Gasteiger partial charge in [-0.3, -0.25) is 10.2 Å². The third-order valence-electron chi connectivity index (χ3n) is 1.28. The summed E-state index contributed by atoms with van der Waals surface area (Å²) in [6, 6.07) is 0. The van der Waals surface area contributed by atoms with Gasteiger partial charge in [0.1, 0.15) is 5.71 Å². The standard InChI is InChI=1S/C7H9F3N2O/c1-3(11)5(4(2)13)6(12)7(8,9)10/h12H,11H2,1-2H3. The highest BCUT2D eigenvalue weighted by atomic mass is 19.4. The molecular formula is C7H9F3N2O. The molecule has 74 valence electrons. The van der Waals surface area contributed by atoms with Crippen molar-refractivity contribution in [3.63, 3.8) is 0 Å². The summed E-state index contributed by atoms with van der Waals surface area (Å²) in [6.45, 7) is 2.09. The Bertz CT molecular complexity index is 274. The van der Waals surface area contributed by atoms with Gasteiger partial charge in [0.25, 0.3) is 0 Å². The number of Topliss-reactive ketones (excluding diaryl/α,β-unsaturated/α-hetero) is 1. The van der Waals surface area contributed by atoms with Gasteiger partial charge >= 0.3 is 6.18 Å². The van der Waals surface area contributed by atoms with Crippen molar-refractivity contribution in [1.29, 1.82) is 5.41 Å². The van der Waals surface area contributed by atoms with E-state index >= 15 is 0 Å². The third-order valence-corrected chi connectivity index (χ3v) is 1.28. The minimum atomic E-state index is -4.83. The molecule has 13 heavy (non-hydrogen) atoms. The van der Waals surface area contributed by atoms with E-state index < -0.39 is 23.2 Å². The SMILES string of the molecule is CC(=O)C(C(=N)C(F)(F)F)=C(C)N. The molecule has 3 nitrogen and oxygen atoms in total. The summed E-state index contributed by atoms with van der Waals surface area (Å²) in [4.78, 5) is 10.7. The molecule has 0 bridgehead atoms. The maximum atomic E-state index is 12.0. The second-order valence-electron chi connectivity index (χ2n) is 2.49. The van der Waals surface area contributed by atoms with E-state index in [1.165, 1.54) is 0 Å². The van der Waals surface area contributed by atoms with E-state index in [4.69, 9.17) is 11.1 Å². The van der Waals surface area contributed by atoms with Gasteiger partial charge in [0.05, 0.1) is 5.57 Å². The lowest BCUT2D eigenvalue weighted by atomic mass is 10.0.